The first kappa shape index (κ1) is 24.2. The highest BCUT2D eigenvalue weighted by Crippen LogP contribution is 2.36. The molecule has 0 saturated carbocycles. The molecule has 0 bridgehead atoms. The number of anilines is 1. The van der Waals surface area contributed by atoms with Gasteiger partial charge in [0, 0.05) is 36.3 Å². The Labute approximate surface area is 200 Å². The van der Waals surface area contributed by atoms with Crippen LogP contribution in [-0.4, -0.2) is 28.5 Å². The number of fused-ring (bicyclic) bond motifs is 1. The molecule has 2 aromatic heterocycles. The Kier molecular flexibility index (Phi) is 7.21. The fraction of sp³-hybridized carbons (Fsp3) is 0.400. The van der Waals surface area contributed by atoms with Crippen molar-refractivity contribution in [2.45, 2.75) is 51.2 Å². The maximum absolute atomic E-state index is 13.5. The third kappa shape index (κ3) is 5.41. The molecule has 0 saturated heterocycles. The smallest absolute Gasteiger partial charge is 0.315 e. The Morgan fingerprint density at radius 3 is 2.56 bits per heavy atom. The fourth-order valence-electron chi connectivity index (χ4n) is 4.53. The number of nitrogens with zero attached hydrogens (tertiary/aromatic N) is 3. The molecule has 1 aromatic carbocycles. The van der Waals surface area contributed by atoms with E-state index in [1.54, 1.807) is 7.05 Å². The van der Waals surface area contributed by atoms with Gasteiger partial charge in [-0.25, -0.2) is 0 Å². The number of alkyl halides is 3. The van der Waals surface area contributed by atoms with E-state index in [9.17, 15) is 22.8 Å². The number of thiophene rings is 1. The lowest BCUT2D eigenvalue weighted by Gasteiger charge is -2.24. The Morgan fingerprint density at radius 1 is 1.15 bits per heavy atom. The summed E-state index contributed by atoms with van der Waals surface area (Å²) in [6.07, 6.45) is -1.99. The number of amides is 1. The summed E-state index contributed by atoms with van der Waals surface area (Å²) in [6, 6.07) is 11.1. The summed E-state index contributed by atoms with van der Waals surface area (Å²) in [7, 11) is 1.67. The molecule has 3 aromatic rings. The van der Waals surface area contributed by atoms with Crippen molar-refractivity contribution in [2.75, 3.05) is 11.9 Å². The summed E-state index contributed by atoms with van der Waals surface area (Å²) in [5.41, 5.74) is 1.49. The molecule has 1 amide bonds. The van der Waals surface area contributed by atoms with Crippen molar-refractivity contribution in [1.82, 2.24) is 9.78 Å². The van der Waals surface area contributed by atoms with Gasteiger partial charge in [-0.15, -0.1) is 0 Å². The average molecular weight is 490 g/mol. The minimum Gasteiger partial charge on any atom is -0.315 e. The van der Waals surface area contributed by atoms with Crippen LogP contribution < -0.4 is 4.90 Å². The largest absolute Gasteiger partial charge is 0.435 e. The van der Waals surface area contributed by atoms with E-state index in [1.807, 2.05) is 47.2 Å². The number of benzene rings is 1. The second kappa shape index (κ2) is 10.1. The second-order valence-electron chi connectivity index (χ2n) is 8.64. The zero-order valence-electron chi connectivity index (χ0n) is 18.8. The van der Waals surface area contributed by atoms with Crippen molar-refractivity contribution in [3.63, 3.8) is 0 Å². The number of ketones is 1. The molecule has 0 radical (unpaired) electrons. The molecule has 0 aliphatic heterocycles. The molecular formula is C25H26F3N3O2S. The van der Waals surface area contributed by atoms with Crippen LogP contribution in [0.25, 0.3) is 0 Å². The summed E-state index contributed by atoms with van der Waals surface area (Å²) in [6.45, 7) is -0.263. The van der Waals surface area contributed by atoms with Gasteiger partial charge in [0.25, 0.3) is 0 Å². The zero-order chi connectivity index (χ0) is 24.3. The lowest BCUT2D eigenvalue weighted by Crippen LogP contribution is -2.35. The number of hydrogen-bond acceptors (Lipinski definition) is 4. The van der Waals surface area contributed by atoms with Crippen molar-refractivity contribution < 1.29 is 22.8 Å². The van der Waals surface area contributed by atoms with E-state index in [-0.39, 0.29) is 30.2 Å². The molecule has 9 heteroatoms. The van der Waals surface area contributed by atoms with Crippen LogP contribution in [0, 0.1) is 5.92 Å². The number of para-hydroxylation sites is 1. The quantitative estimate of drug-likeness (QED) is 0.430. The van der Waals surface area contributed by atoms with Gasteiger partial charge < -0.3 is 4.90 Å². The van der Waals surface area contributed by atoms with Crippen LogP contribution in [0.15, 0.2) is 47.2 Å². The van der Waals surface area contributed by atoms with Gasteiger partial charge in [-0.05, 0) is 66.6 Å². The zero-order valence-corrected chi connectivity index (χ0v) is 19.7. The molecule has 0 unspecified atom stereocenters. The highest BCUT2D eigenvalue weighted by Gasteiger charge is 2.39. The first-order chi connectivity index (χ1) is 16.2. The van der Waals surface area contributed by atoms with Gasteiger partial charge in [-0.1, -0.05) is 18.2 Å². The molecule has 1 atom stereocenters. The Hall–Kier alpha value is -2.94. The van der Waals surface area contributed by atoms with Gasteiger partial charge in [0.2, 0.25) is 5.91 Å². The molecule has 0 fully saturated rings. The lowest BCUT2D eigenvalue weighted by atomic mass is 9.93. The van der Waals surface area contributed by atoms with Crippen molar-refractivity contribution in [2.24, 2.45) is 5.92 Å². The summed E-state index contributed by atoms with van der Waals surface area (Å²) in [4.78, 5) is 27.9. The minimum atomic E-state index is -4.55. The third-order valence-corrected chi connectivity index (χ3v) is 6.94. The van der Waals surface area contributed by atoms with Crippen LogP contribution in [0.2, 0.25) is 0 Å². The Balaban J connectivity index is 1.54. The topological polar surface area (TPSA) is 55.2 Å². The van der Waals surface area contributed by atoms with E-state index < -0.39 is 17.8 Å². The maximum Gasteiger partial charge on any atom is 0.435 e. The van der Waals surface area contributed by atoms with Crippen LogP contribution in [0.4, 0.5) is 18.9 Å². The van der Waals surface area contributed by atoms with E-state index in [4.69, 9.17) is 0 Å². The second-order valence-corrected chi connectivity index (χ2v) is 9.42. The van der Waals surface area contributed by atoms with Gasteiger partial charge >= 0.3 is 6.18 Å². The monoisotopic (exact) mass is 489 g/mol. The van der Waals surface area contributed by atoms with Crippen LogP contribution in [0.5, 0.6) is 0 Å². The molecule has 4 rings (SSSR count). The minimum absolute atomic E-state index is 0.0676. The van der Waals surface area contributed by atoms with Gasteiger partial charge in [0.1, 0.15) is 0 Å². The Morgan fingerprint density at radius 2 is 1.88 bits per heavy atom. The van der Waals surface area contributed by atoms with Crippen LogP contribution in [-0.2, 0) is 41.6 Å². The molecular weight excluding hydrogens is 463 g/mol. The standard InChI is InChI=1S/C25H26F3N3O2S/c1-30(19-7-3-2-4-8-19)24(33)18(13-17-11-12-34-16-17)14-20(32)15-31-22-10-6-5-9-21(22)23(29-31)25(26,27)28/h2-4,7-8,11-12,16,18H,5-6,9-10,13-15H2,1H3/t18-/m1/s1. The lowest BCUT2D eigenvalue weighted by molar-refractivity contribution is -0.142. The number of aromatic nitrogens is 2. The van der Waals surface area contributed by atoms with Gasteiger partial charge in [-0.2, -0.15) is 29.6 Å². The number of carbonyl (C=O) groups is 2. The van der Waals surface area contributed by atoms with Crippen molar-refractivity contribution >= 4 is 28.7 Å². The highest BCUT2D eigenvalue weighted by molar-refractivity contribution is 7.07. The first-order valence-electron chi connectivity index (χ1n) is 11.2. The van der Waals surface area contributed by atoms with E-state index in [0.717, 1.165) is 12.0 Å². The molecule has 0 spiro atoms. The normalized spacial score (nSPS) is 14.5. The molecule has 180 valence electrons. The van der Waals surface area contributed by atoms with E-state index in [1.165, 1.54) is 20.9 Å². The summed E-state index contributed by atoms with van der Waals surface area (Å²) in [5, 5.41) is 7.64. The summed E-state index contributed by atoms with van der Waals surface area (Å²) >= 11 is 1.51. The summed E-state index contributed by atoms with van der Waals surface area (Å²) < 4.78 is 41.7. The maximum atomic E-state index is 13.5. The number of hydrogen-bond donors (Lipinski definition) is 0. The predicted molar refractivity (Wildman–Crippen MR) is 125 cm³/mol. The molecule has 5 nitrogen and oxygen atoms in total. The van der Waals surface area contributed by atoms with Crippen molar-refractivity contribution in [1.29, 1.82) is 0 Å². The van der Waals surface area contributed by atoms with E-state index >= 15 is 0 Å². The molecule has 1 aliphatic carbocycles. The third-order valence-electron chi connectivity index (χ3n) is 6.21. The first-order valence-corrected chi connectivity index (χ1v) is 12.2. The van der Waals surface area contributed by atoms with Gasteiger partial charge in [0.05, 0.1) is 6.54 Å². The van der Waals surface area contributed by atoms with E-state index in [0.29, 0.717) is 37.1 Å². The number of halogens is 3. The van der Waals surface area contributed by atoms with Gasteiger partial charge in [-0.3, -0.25) is 14.3 Å². The average Bonchev–Trinajstić information content (AvgIpc) is 3.46. The Bertz CT molecular complexity index is 1140. The van der Waals surface area contributed by atoms with Crippen LogP contribution in [0.1, 0.15) is 41.8 Å². The fourth-order valence-corrected chi connectivity index (χ4v) is 5.21. The van der Waals surface area contributed by atoms with Crippen molar-refractivity contribution in [3.05, 3.63) is 69.7 Å². The molecule has 34 heavy (non-hydrogen) atoms. The highest BCUT2D eigenvalue weighted by atomic mass is 32.1. The van der Waals surface area contributed by atoms with Crippen molar-refractivity contribution in [3.8, 4) is 0 Å². The van der Waals surface area contributed by atoms with Gasteiger partial charge in [0.15, 0.2) is 11.5 Å². The molecule has 0 N–H and O–H groups in total. The molecule has 2 heterocycles. The number of carbonyl (C=O) groups excluding carboxylic acids is 2. The number of Topliss-reactive ketones (excluding diaryl/α,β-unsaturated/α-hetero) is 1. The van der Waals surface area contributed by atoms with E-state index in [2.05, 4.69) is 5.10 Å². The predicted octanol–water partition coefficient (Wildman–Crippen LogP) is 5.32. The molecule has 1 aliphatic rings. The van der Waals surface area contributed by atoms with Crippen LogP contribution in [0.3, 0.4) is 0 Å². The summed E-state index contributed by atoms with van der Waals surface area (Å²) in [5.74, 6) is -1.13. The number of rotatable bonds is 8. The SMILES string of the molecule is CN(C(=O)[C@@H](CC(=O)Cn1nc(C(F)(F)F)c2c1CCCC2)Cc1ccsc1)c1ccccc1. The van der Waals surface area contributed by atoms with Crippen LogP contribution >= 0.6 is 11.3 Å².